The van der Waals surface area contributed by atoms with E-state index in [1.807, 2.05) is 61.0 Å². The van der Waals surface area contributed by atoms with Crippen molar-refractivity contribution in [2.24, 2.45) is 7.05 Å². The van der Waals surface area contributed by atoms with Crippen LogP contribution in [0, 0.1) is 0 Å². The molecule has 140 valence electrons. The molecule has 0 saturated carbocycles. The van der Waals surface area contributed by atoms with Gasteiger partial charge >= 0.3 is 0 Å². The van der Waals surface area contributed by atoms with Crippen LogP contribution in [0.25, 0.3) is 11.0 Å². The first-order chi connectivity index (χ1) is 13.0. The Kier molecular flexibility index (Phi) is 5.02. The Bertz CT molecular complexity index is 1000. The van der Waals surface area contributed by atoms with Crippen LogP contribution >= 0.6 is 23.4 Å². The number of fused-ring (bicyclic) bond motifs is 2. The Labute approximate surface area is 167 Å². The second-order valence-electron chi connectivity index (χ2n) is 6.58. The fourth-order valence-electron chi connectivity index (χ4n) is 3.25. The molecule has 1 aromatic heterocycles. The second-order valence-corrected chi connectivity index (χ2v) is 8.33. The molecule has 0 radical (unpaired) electrons. The van der Waals surface area contributed by atoms with E-state index in [4.69, 9.17) is 16.3 Å². The van der Waals surface area contributed by atoms with Gasteiger partial charge in [-0.1, -0.05) is 41.6 Å². The van der Waals surface area contributed by atoms with Crippen LogP contribution in [0.2, 0.25) is 5.02 Å². The molecule has 1 amide bonds. The standard InChI is InChI=1S/C20H20ClN3O2S/c1-12(27-20-23-16-11-13(21)7-8-17(16)24(20)2)19(25)22-15-9-10-26-18-6-4-3-5-14(15)18/h3-8,11-12,15H,9-10H2,1-2H3,(H,22,25)/t12-,15+/m1/s1. The van der Waals surface area contributed by atoms with Crippen molar-refractivity contribution in [1.29, 1.82) is 0 Å². The average molecular weight is 402 g/mol. The van der Waals surface area contributed by atoms with E-state index in [1.54, 1.807) is 0 Å². The maximum absolute atomic E-state index is 12.8. The number of aromatic nitrogens is 2. The first kappa shape index (κ1) is 18.2. The predicted octanol–water partition coefficient (Wildman–Crippen LogP) is 4.35. The Morgan fingerprint density at radius 3 is 3.04 bits per heavy atom. The summed E-state index contributed by atoms with van der Waals surface area (Å²) in [5.74, 6) is 0.841. The number of amides is 1. The number of nitrogens with zero attached hydrogens (tertiary/aromatic N) is 2. The number of imidazole rings is 1. The van der Waals surface area contributed by atoms with Crippen molar-refractivity contribution in [2.45, 2.75) is 29.8 Å². The third-order valence-corrected chi connectivity index (χ3v) is 6.11. The Morgan fingerprint density at radius 1 is 1.37 bits per heavy atom. The van der Waals surface area contributed by atoms with Crippen LogP contribution in [0.15, 0.2) is 47.6 Å². The lowest BCUT2D eigenvalue weighted by Crippen LogP contribution is -2.36. The summed E-state index contributed by atoms with van der Waals surface area (Å²) in [6.45, 7) is 2.51. The van der Waals surface area contributed by atoms with Gasteiger partial charge in [0.25, 0.3) is 0 Å². The number of aryl methyl sites for hydroxylation is 1. The topological polar surface area (TPSA) is 56.2 Å². The van der Waals surface area contributed by atoms with Crippen molar-refractivity contribution in [2.75, 3.05) is 6.61 Å². The molecule has 0 spiro atoms. The third kappa shape index (κ3) is 3.64. The average Bonchev–Trinajstić information content (AvgIpc) is 2.96. The van der Waals surface area contributed by atoms with Crippen LogP contribution in [-0.2, 0) is 11.8 Å². The number of hydrogen-bond acceptors (Lipinski definition) is 4. The smallest absolute Gasteiger partial charge is 0.233 e. The molecule has 2 heterocycles. The molecule has 2 atom stereocenters. The molecular formula is C20H20ClN3O2S. The molecule has 4 rings (SSSR count). The quantitative estimate of drug-likeness (QED) is 0.660. The van der Waals surface area contributed by atoms with Crippen molar-refractivity contribution in [3.63, 3.8) is 0 Å². The monoisotopic (exact) mass is 401 g/mol. The molecule has 0 unspecified atom stereocenters. The minimum absolute atomic E-state index is 0.00760. The van der Waals surface area contributed by atoms with E-state index in [0.29, 0.717) is 11.6 Å². The van der Waals surface area contributed by atoms with Gasteiger partial charge < -0.3 is 14.6 Å². The number of rotatable bonds is 4. The van der Waals surface area contributed by atoms with Crippen LogP contribution in [0.1, 0.15) is 24.9 Å². The van der Waals surface area contributed by atoms with Gasteiger partial charge in [-0.25, -0.2) is 4.98 Å². The van der Waals surface area contributed by atoms with E-state index in [0.717, 1.165) is 33.9 Å². The van der Waals surface area contributed by atoms with Gasteiger partial charge in [-0.3, -0.25) is 4.79 Å². The van der Waals surface area contributed by atoms with Gasteiger partial charge in [0.15, 0.2) is 5.16 Å². The van der Waals surface area contributed by atoms with Crippen molar-refractivity contribution in [1.82, 2.24) is 14.9 Å². The first-order valence-corrected chi connectivity index (χ1v) is 10.1. The van der Waals surface area contributed by atoms with E-state index in [-0.39, 0.29) is 17.2 Å². The zero-order chi connectivity index (χ0) is 19.0. The van der Waals surface area contributed by atoms with Gasteiger partial charge in [0.1, 0.15) is 5.75 Å². The summed E-state index contributed by atoms with van der Waals surface area (Å²) in [5.41, 5.74) is 2.86. The molecule has 1 N–H and O–H groups in total. The largest absolute Gasteiger partial charge is 0.493 e. The zero-order valence-electron chi connectivity index (χ0n) is 15.1. The Balaban J connectivity index is 1.48. The molecule has 1 aliphatic heterocycles. The maximum Gasteiger partial charge on any atom is 0.233 e. The normalized spacial score (nSPS) is 17.2. The van der Waals surface area contributed by atoms with Crippen LogP contribution in [-0.4, -0.2) is 27.3 Å². The molecule has 1 aliphatic rings. The SMILES string of the molecule is C[C@@H](Sc1nc2cc(Cl)ccc2n1C)C(=O)N[C@H]1CCOc2ccccc21. The molecule has 7 heteroatoms. The fraction of sp³-hybridized carbons (Fsp3) is 0.300. The number of thioether (sulfide) groups is 1. The number of hydrogen-bond donors (Lipinski definition) is 1. The number of carbonyl (C=O) groups excluding carboxylic acids is 1. The molecule has 0 aliphatic carbocycles. The number of ether oxygens (including phenoxy) is 1. The predicted molar refractivity (Wildman–Crippen MR) is 108 cm³/mol. The van der Waals surface area contributed by atoms with Crippen LogP contribution in [0.4, 0.5) is 0 Å². The van der Waals surface area contributed by atoms with Crippen molar-refractivity contribution in [3.8, 4) is 5.75 Å². The summed E-state index contributed by atoms with van der Waals surface area (Å²) < 4.78 is 7.66. The molecule has 2 aromatic carbocycles. The number of benzene rings is 2. The summed E-state index contributed by atoms with van der Waals surface area (Å²) in [5, 5.41) is 4.33. The van der Waals surface area contributed by atoms with Gasteiger partial charge in [-0.2, -0.15) is 0 Å². The van der Waals surface area contributed by atoms with E-state index < -0.39 is 0 Å². The summed E-state index contributed by atoms with van der Waals surface area (Å²) in [4.78, 5) is 17.4. The zero-order valence-corrected chi connectivity index (χ0v) is 16.7. The Hall–Kier alpha value is -2.18. The van der Waals surface area contributed by atoms with Crippen LogP contribution in [0.5, 0.6) is 5.75 Å². The number of nitrogens with one attached hydrogen (secondary N) is 1. The van der Waals surface area contributed by atoms with E-state index in [9.17, 15) is 4.79 Å². The minimum Gasteiger partial charge on any atom is -0.493 e. The lowest BCUT2D eigenvalue weighted by molar-refractivity contribution is -0.121. The van der Waals surface area contributed by atoms with Crippen LogP contribution in [0.3, 0.4) is 0 Å². The van der Waals surface area contributed by atoms with E-state index in [2.05, 4.69) is 10.3 Å². The van der Waals surface area contributed by atoms with Crippen LogP contribution < -0.4 is 10.1 Å². The van der Waals surface area contributed by atoms with Gasteiger partial charge in [0.2, 0.25) is 5.91 Å². The lowest BCUT2D eigenvalue weighted by atomic mass is 10.0. The summed E-state index contributed by atoms with van der Waals surface area (Å²) in [6.07, 6.45) is 0.769. The highest BCUT2D eigenvalue weighted by Gasteiger charge is 2.26. The summed E-state index contributed by atoms with van der Waals surface area (Å²) >= 11 is 7.50. The van der Waals surface area contributed by atoms with Gasteiger partial charge in [0.05, 0.1) is 28.9 Å². The molecule has 0 fully saturated rings. The molecule has 27 heavy (non-hydrogen) atoms. The Morgan fingerprint density at radius 2 is 2.19 bits per heavy atom. The molecular weight excluding hydrogens is 382 g/mol. The number of halogens is 1. The second kappa shape index (κ2) is 7.44. The number of carbonyl (C=O) groups is 1. The van der Waals surface area contributed by atoms with Crippen molar-refractivity contribution < 1.29 is 9.53 Å². The molecule has 0 bridgehead atoms. The lowest BCUT2D eigenvalue weighted by Gasteiger charge is -2.27. The van der Waals surface area contributed by atoms with Crippen molar-refractivity contribution in [3.05, 3.63) is 53.1 Å². The molecule has 3 aromatic rings. The highest BCUT2D eigenvalue weighted by molar-refractivity contribution is 8.00. The third-order valence-electron chi connectivity index (χ3n) is 4.73. The highest BCUT2D eigenvalue weighted by atomic mass is 35.5. The summed E-state index contributed by atoms with van der Waals surface area (Å²) in [6, 6.07) is 13.5. The van der Waals surface area contributed by atoms with Gasteiger partial charge in [0, 0.05) is 24.1 Å². The number of para-hydroxylation sites is 1. The highest BCUT2D eigenvalue weighted by Crippen LogP contribution is 2.33. The van der Waals surface area contributed by atoms with E-state index in [1.165, 1.54) is 11.8 Å². The summed E-state index contributed by atoms with van der Waals surface area (Å²) in [7, 11) is 1.95. The van der Waals surface area contributed by atoms with Gasteiger partial charge in [-0.15, -0.1) is 0 Å². The minimum atomic E-state index is -0.272. The molecule has 0 saturated heterocycles. The van der Waals surface area contributed by atoms with E-state index >= 15 is 0 Å². The first-order valence-electron chi connectivity index (χ1n) is 8.83. The fourth-order valence-corrected chi connectivity index (χ4v) is 4.31. The van der Waals surface area contributed by atoms with Crippen molar-refractivity contribution >= 4 is 40.3 Å². The maximum atomic E-state index is 12.8. The molecule has 5 nitrogen and oxygen atoms in total. The van der Waals surface area contributed by atoms with Gasteiger partial charge in [-0.05, 0) is 31.2 Å².